The molecular formula is C27H42O3. The number of carbonyl (C=O) groups is 2. The summed E-state index contributed by atoms with van der Waals surface area (Å²) in [4.78, 5) is 23.4. The Hall–Kier alpha value is -1.12. The monoisotopic (exact) mass is 414 g/mol. The quantitative estimate of drug-likeness (QED) is 0.301. The molecule has 168 valence electrons. The molecule has 0 bridgehead atoms. The van der Waals surface area contributed by atoms with Gasteiger partial charge < -0.3 is 9.53 Å². The number of allylic oxidation sites excluding steroid dienone is 2. The fourth-order valence-corrected chi connectivity index (χ4v) is 9.05. The number of aldehydes is 1. The van der Waals surface area contributed by atoms with Crippen molar-refractivity contribution in [2.75, 3.05) is 0 Å². The molecule has 4 rings (SSSR count). The summed E-state index contributed by atoms with van der Waals surface area (Å²) in [5, 5.41) is 0. The van der Waals surface area contributed by atoms with E-state index in [1.54, 1.807) is 18.1 Å². The van der Waals surface area contributed by atoms with E-state index >= 15 is 0 Å². The molecule has 0 spiro atoms. The van der Waals surface area contributed by atoms with Gasteiger partial charge in [-0.05, 0) is 79.4 Å². The number of esters is 1. The van der Waals surface area contributed by atoms with E-state index in [4.69, 9.17) is 4.74 Å². The lowest BCUT2D eigenvalue weighted by molar-refractivity contribution is -0.167. The Kier molecular flexibility index (Phi) is 5.11. The fourth-order valence-electron chi connectivity index (χ4n) is 9.05. The van der Waals surface area contributed by atoms with Crippen LogP contribution in [0.4, 0.5) is 0 Å². The van der Waals surface area contributed by atoms with Crippen LogP contribution in [0.25, 0.3) is 0 Å². The van der Waals surface area contributed by atoms with Crippen molar-refractivity contribution in [2.24, 2.45) is 39.4 Å². The molecule has 0 aromatic heterocycles. The number of fused-ring (bicyclic) bond motifs is 4. The summed E-state index contributed by atoms with van der Waals surface area (Å²) < 4.78 is 5.81. The topological polar surface area (TPSA) is 43.4 Å². The zero-order chi connectivity index (χ0) is 22.1. The van der Waals surface area contributed by atoms with Crippen LogP contribution in [0.3, 0.4) is 0 Å². The standard InChI is InChI=1S/C27H42O3/c1-17(16-28)19-10-14-27(7)21-8-9-22-24(3,4)23(30-18(2)29)12-13-25(22,5)20(21)11-15-26(19,27)6/h16-17,19,22-23H,8-15H2,1-7H3/t17-,19-,22+,23+,25-,26-,27+/m1/s1. The van der Waals surface area contributed by atoms with E-state index in [0.29, 0.717) is 11.8 Å². The van der Waals surface area contributed by atoms with Gasteiger partial charge in [-0.1, -0.05) is 52.7 Å². The summed E-state index contributed by atoms with van der Waals surface area (Å²) in [7, 11) is 0. The first-order valence-electron chi connectivity index (χ1n) is 12.3. The van der Waals surface area contributed by atoms with E-state index in [1.165, 1.54) is 44.8 Å². The average Bonchev–Trinajstić information content (AvgIpc) is 2.95. The highest BCUT2D eigenvalue weighted by molar-refractivity contribution is 5.66. The first-order valence-corrected chi connectivity index (χ1v) is 12.3. The van der Waals surface area contributed by atoms with E-state index in [-0.39, 0.29) is 39.7 Å². The highest BCUT2D eigenvalue weighted by Crippen LogP contribution is 2.72. The van der Waals surface area contributed by atoms with Crippen molar-refractivity contribution in [3.8, 4) is 0 Å². The normalized spacial score (nSPS) is 45.8. The zero-order valence-corrected chi connectivity index (χ0v) is 20.3. The molecule has 0 radical (unpaired) electrons. The summed E-state index contributed by atoms with van der Waals surface area (Å²) >= 11 is 0. The number of carbonyl (C=O) groups excluding carboxylic acids is 2. The van der Waals surface area contributed by atoms with Crippen LogP contribution in [0.5, 0.6) is 0 Å². The SMILES string of the molecule is CC(=O)O[C@H]1CC[C@]2(C)C3=C(CC[C@H]2C1(C)C)[C@]1(C)CC[C@H]([C@H](C)C=O)[C@@]1(C)CC3. The molecule has 0 saturated heterocycles. The van der Waals surface area contributed by atoms with Gasteiger partial charge in [0.2, 0.25) is 0 Å². The molecule has 0 aromatic carbocycles. The van der Waals surface area contributed by atoms with Gasteiger partial charge in [0, 0.05) is 18.3 Å². The molecule has 0 unspecified atom stereocenters. The van der Waals surface area contributed by atoms with E-state index in [0.717, 1.165) is 12.8 Å². The fraction of sp³-hybridized carbons (Fsp3) is 0.852. The maximum atomic E-state index is 11.7. The summed E-state index contributed by atoms with van der Waals surface area (Å²) in [5.74, 6) is 1.08. The van der Waals surface area contributed by atoms with Crippen LogP contribution in [0.2, 0.25) is 0 Å². The number of rotatable bonds is 3. The predicted octanol–water partition coefficient (Wildman–Crippen LogP) is 6.50. The lowest BCUT2D eigenvalue weighted by Crippen LogP contribution is -2.55. The molecule has 7 atom stereocenters. The van der Waals surface area contributed by atoms with Gasteiger partial charge in [-0.3, -0.25) is 4.79 Å². The Balaban J connectivity index is 1.73. The third-order valence-corrected chi connectivity index (χ3v) is 10.9. The Morgan fingerprint density at radius 1 is 1.00 bits per heavy atom. The smallest absolute Gasteiger partial charge is 0.302 e. The Morgan fingerprint density at radius 2 is 1.70 bits per heavy atom. The highest BCUT2D eigenvalue weighted by Gasteiger charge is 2.63. The van der Waals surface area contributed by atoms with Crippen molar-refractivity contribution < 1.29 is 14.3 Å². The first kappa shape index (κ1) is 22.1. The number of hydrogen-bond acceptors (Lipinski definition) is 3. The van der Waals surface area contributed by atoms with E-state index < -0.39 is 0 Å². The van der Waals surface area contributed by atoms with Crippen LogP contribution in [0, 0.1) is 39.4 Å². The van der Waals surface area contributed by atoms with Gasteiger partial charge in [0.15, 0.2) is 0 Å². The third-order valence-electron chi connectivity index (χ3n) is 10.9. The predicted molar refractivity (Wildman–Crippen MR) is 120 cm³/mol. The molecule has 30 heavy (non-hydrogen) atoms. The van der Waals surface area contributed by atoms with Crippen molar-refractivity contribution in [1.29, 1.82) is 0 Å². The van der Waals surface area contributed by atoms with E-state index in [9.17, 15) is 9.59 Å². The molecule has 4 aliphatic rings. The molecule has 3 heteroatoms. The molecule has 0 N–H and O–H groups in total. The van der Waals surface area contributed by atoms with Crippen LogP contribution < -0.4 is 0 Å². The van der Waals surface area contributed by atoms with Gasteiger partial charge in [0.1, 0.15) is 12.4 Å². The van der Waals surface area contributed by atoms with Gasteiger partial charge in [-0.15, -0.1) is 0 Å². The maximum Gasteiger partial charge on any atom is 0.302 e. The minimum absolute atomic E-state index is 0.00307. The third kappa shape index (κ3) is 2.75. The molecule has 0 aromatic rings. The van der Waals surface area contributed by atoms with Gasteiger partial charge in [-0.2, -0.15) is 0 Å². The number of ether oxygens (including phenoxy) is 1. The molecule has 0 heterocycles. The van der Waals surface area contributed by atoms with Crippen molar-refractivity contribution >= 4 is 12.3 Å². The van der Waals surface area contributed by atoms with Crippen LogP contribution in [0.15, 0.2) is 11.1 Å². The van der Waals surface area contributed by atoms with Crippen molar-refractivity contribution in [3.05, 3.63) is 11.1 Å². The lowest BCUT2D eigenvalue weighted by Gasteiger charge is -2.62. The highest BCUT2D eigenvalue weighted by atomic mass is 16.5. The molecule has 2 saturated carbocycles. The minimum Gasteiger partial charge on any atom is -0.462 e. The zero-order valence-electron chi connectivity index (χ0n) is 20.3. The Bertz CT molecular complexity index is 779. The van der Waals surface area contributed by atoms with E-state index in [1.807, 2.05) is 0 Å². The van der Waals surface area contributed by atoms with Crippen molar-refractivity contribution in [3.63, 3.8) is 0 Å². The van der Waals surface area contributed by atoms with E-state index in [2.05, 4.69) is 41.5 Å². The molecule has 0 aliphatic heterocycles. The maximum absolute atomic E-state index is 11.7. The summed E-state index contributed by atoms with van der Waals surface area (Å²) in [5.41, 5.74) is 4.17. The minimum atomic E-state index is -0.144. The lowest BCUT2D eigenvalue weighted by atomic mass is 9.43. The second-order valence-corrected chi connectivity index (χ2v) is 12.3. The van der Waals surface area contributed by atoms with Crippen LogP contribution in [0.1, 0.15) is 99.8 Å². The van der Waals surface area contributed by atoms with Crippen LogP contribution in [-0.4, -0.2) is 18.4 Å². The van der Waals surface area contributed by atoms with Crippen LogP contribution in [-0.2, 0) is 14.3 Å². The van der Waals surface area contributed by atoms with Crippen molar-refractivity contribution in [1.82, 2.24) is 0 Å². The largest absolute Gasteiger partial charge is 0.462 e. The second kappa shape index (κ2) is 6.94. The van der Waals surface area contributed by atoms with Crippen LogP contribution >= 0.6 is 0 Å². The Labute approximate surface area is 183 Å². The summed E-state index contributed by atoms with van der Waals surface area (Å²) in [6.45, 7) is 15.9. The molecule has 3 nitrogen and oxygen atoms in total. The number of hydrogen-bond donors (Lipinski definition) is 0. The average molecular weight is 415 g/mol. The summed E-state index contributed by atoms with van der Waals surface area (Å²) in [6, 6.07) is 0. The van der Waals surface area contributed by atoms with Crippen molar-refractivity contribution in [2.45, 2.75) is 106 Å². The second-order valence-electron chi connectivity index (χ2n) is 12.3. The molecule has 2 fully saturated rings. The summed E-state index contributed by atoms with van der Waals surface area (Å²) in [6.07, 6.45) is 10.5. The Morgan fingerprint density at radius 3 is 2.33 bits per heavy atom. The van der Waals surface area contributed by atoms with Gasteiger partial charge in [0.25, 0.3) is 0 Å². The molecule has 4 aliphatic carbocycles. The first-order chi connectivity index (χ1) is 13.9. The van der Waals surface area contributed by atoms with Gasteiger partial charge in [0.05, 0.1) is 0 Å². The molecular weight excluding hydrogens is 372 g/mol. The van der Waals surface area contributed by atoms with Gasteiger partial charge >= 0.3 is 5.97 Å². The van der Waals surface area contributed by atoms with Gasteiger partial charge in [-0.25, -0.2) is 0 Å². The molecule has 0 amide bonds.